The lowest BCUT2D eigenvalue weighted by atomic mass is 9.95. The Morgan fingerprint density at radius 1 is 1.39 bits per heavy atom. The monoisotopic (exact) mass is 268 g/mol. The molecule has 0 bridgehead atoms. The minimum Gasteiger partial charge on any atom is -0.482 e. The number of rotatable bonds is 7. The molecule has 0 heterocycles. The molecule has 0 aromatic heterocycles. The molecule has 0 radical (unpaired) electrons. The van der Waals surface area contributed by atoms with E-state index in [2.05, 4.69) is 13.8 Å². The number of benzene rings is 1. The van der Waals surface area contributed by atoms with Gasteiger partial charge in [0.1, 0.15) is 5.75 Å². The maximum absolute atomic E-state index is 11.2. The fraction of sp³-hybridized carbons (Fsp3) is 0.533. The van der Waals surface area contributed by atoms with E-state index in [9.17, 15) is 4.79 Å². The van der Waals surface area contributed by atoms with Crippen LogP contribution < -0.4 is 4.74 Å². The first-order chi connectivity index (χ1) is 8.62. The molecule has 100 valence electrons. The van der Waals surface area contributed by atoms with E-state index in [1.807, 2.05) is 19.1 Å². The van der Waals surface area contributed by atoms with E-state index in [4.69, 9.17) is 16.3 Å². The normalized spacial score (nSPS) is 14.0. The highest BCUT2D eigenvalue weighted by molar-refractivity contribution is 6.30. The number of hydrogen-bond donors (Lipinski definition) is 0. The van der Waals surface area contributed by atoms with E-state index in [0.717, 1.165) is 36.9 Å². The number of halogens is 1. The Labute approximate surface area is 114 Å². The summed E-state index contributed by atoms with van der Waals surface area (Å²) in [5.41, 5.74) is 0.959. The van der Waals surface area contributed by atoms with Crippen molar-refractivity contribution < 1.29 is 9.53 Å². The molecular formula is C15H21ClO2. The summed E-state index contributed by atoms with van der Waals surface area (Å²) < 4.78 is 5.83. The van der Waals surface area contributed by atoms with Crippen molar-refractivity contribution in [3.8, 4) is 5.75 Å². The average Bonchev–Trinajstić information content (AvgIpc) is 2.36. The van der Waals surface area contributed by atoms with E-state index in [1.54, 1.807) is 6.07 Å². The van der Waals surface area contributed by atoms with Gasteiger partial charge in [-0.1, -0.05) is 31.9 Å². The summed E-state index contributed by atoms with van der Waals surface area (Å²) in [7, 11) is 0. The van der Waals surface area contributed by atoms with Crippen LogP contribution in [0.4, 0.5) is 0 Å². The van der Waals surface area contributed by atoms with Crippen LogP contribution in [-0.2, 0) is 4.79 Å². The van der Waals surface area contributed by atoms with Crippen LogP contribution in [0.3, 0.4) is 0 Å². The second-order valence-electron chi connectivity index (χ2n) is 4.59. The summed E-state index contributed by atoms with van der Waals surface area (Å²) in [4.78, 5) is 11.2. The van der Waals surface area contributed by atoms with Gasteiger partial charge in [0, 0.05) is 10.9 Å². The zero-order chi connectivity index (χ0) is 13.5. The summed E-state index contributed by atoms with van der Waals surface area (Å²) in [6.07, 6.45) is 3.56. The molecular weight excluding hydrogens is 248 g/mol. The van der Waals surface area contributed by atoms with Crippen LogP contribution in [0, 0.1) is 12.8 Å². The van der Waals surface area contributed by atoms with Crippen LogP contribution in [0.1, 0.15) is 38.7 Å². The largest absolute Gasteiger partial charge is 0.482 e. The van der Waals surface area contributed by atoms with Crippen molar-refractivity contribution in [2.24, 2.45) is 5.92 Å². The minimum absolute atomic E-state index is 0.280. The number of aryl methyl sites for hydroxylation is 1. The number of hydrogen-bond acceptors (Lipinski definition) is 2. The molecule has 3 heteroatoms. The van der Waals surface area contributed by atoms with Gasteiger partial charge in [0.2, 0.25) is 0 Å². The number of aldehydes is 1. The fourth-order valence-corrected chi connectivity index (χ4v) is 2.32. The van der Waals surface area contributed by atoms with Crippen molar-refractivity contribution in [1.29, 1.82) is 0 Å². The Kier molecular flexibility index (Phi) is 6.20. The first kappa shape index (κ1) is 15.0. The van der Waals surface area contributed by atoms with Gasteiger partial charge < -0.3 is 4.74 Å². The highest BCUT2D eigenvalue weighted by atomic mass is 35.5. The molecule has 0 aliphatic rings. The van der Waals surface area contributed by atoms with Gasteiger partial charge in [0.25, 0.3) is 0 Å². The summed E-state index contributed by atoms with van der Waals surface area (Å²) >= 11 is 5.90. The highest BCUT2D eigenvalue weighted by Crippen LogP contribution is 2.25. The topological polar surface area (TPSA) is 26.3 Å². The van der Waals surface area contributed by atoms with Gasteiger partial charge in [-0.15, -0.1) is 0 Å². The molecule has 1 aromatic carbocycles. The molecule has 1 rings (SSSR count). The predicted molar refractivity (Wildman–Crippen MR) is 75.4 cm³/mol. The van der Waals surface area contributed by atoms with Crippen LogP contribution in [0.2, 0.25) is 5.02 Å². The maximum atomic E-state index is 11.2. The summed E-state index contributed by atoms with van der Waals surface area (Å²) in [5.74, 6) is 1.02. The van der Waals surface area contributed by atoms with E-state index in [0.29, 0.717) is 5.02 Å². The van der Waals surface area contributed by atoms with E-state index >= 15 is 0 Å². The first-order valence-corrected chi connectivity index (χ1v) is 6.88. The predicted octanol–water partition coefficient (Wildman–Crippen LogP) is 4.42. The molecule has 0 aliphatic carbocycles. The second kappa shape index (κ2) is 7.42. The van der Waals surface area contributed by atoms with Crippen LogP contribution in [-0.4, -0.2) is 12.4 Å². The van der Waals surface area contributed by atoms with E-state index in [1.165, 1.54) is 0 Å². The van der Waals surface area contributed by atoms with Gasteiger partial charge in [-0.2, -0.15) is 0 Å². The van der Waals surface area contributed by atoms with Crippen LogP contribution in [0.25, 0.3) is 0 Å². The van der Waals surface area contributed by atoms with E-state index < -0.39 is 0 Å². The van der Waals surface area contributed by atoms with Crippen LogP contribution in [0.15, 0.2) is 18.2 Å². The second-order valence-corrected chi connectivity index (χ2v) is 5.02. The Morgan fingerprint density at radius 3 is 2.61 bits per heavy atom. The molecule has 0 saturated heterocycles. The molecule has 2 unspecified atom stereocenters. The Balaban J connectivity index is 2.81. The van der Waals surface area contributed by atoms with Gasteiger partial charge in [0.15, 0.2) is 12.4 Å². The summed E-state index contributed by atoms with van der Waals surface area (Å²) in [6, 6.07) is 5.46. The third-order valence-electron chi connectivity index (χ3n) is 3.18. The molecule has 0 spiro atoms. The maximum Gasteiger partial charge on any atom is 0.160 e. The van der Waals surface area contributed by atoms with Gasteiger partial charge >= 0.3 is 0 Å². The van der Waals surface area contributed by atoms with Crippen molar-refractivity contribution in [3.05, 3.63) is 28.8 Å². The van der Waals surface area contributed by atoms with Crippen molar-refractivity contribution in [3.63, 3.8) is 0 Å². The molecule has 2 nitrogen and oxygen atoms in total. The van der Waals surface area contributed by atoms with Gasteiger partial charge in [-0.05, 0) is 43.5 Å². The standard InChI is InChI=1S/C15H21ClO2/c1-4-6-12(5-2)15(10-17)18-14-8-7-13(16)9-11(14)3/h7-10,12,15H,4-6H2,1-3H3. The number of ether oxygens (including phenoxy) is 1. The van der Waals surface area contributed by atoms with Crippen molar-refractivity contribution >= 4 is 17.9 Å². The lowest BCUT2D eigenvalue weighted by Gasteiger charge is -2.23. The molecule has 18 heavy (non-hydrogen) atoms. The Bertz CT molecular complexity index is 390. The quantitative estimate of drug-likeness (QED) is 0.684. The van der Waals surface area contributed by atoms with Gasteiger partial charge in [-0.25, -0.2) is 0 Å². The number of carbonyl (C=O) groups is 1. The van der Waals surface area contributed by atoms with Gasteiger partial charge in [-0.3, -0.25) is 4.79 Å². The SMILES string of the molecule is CCCC(CC)C(C=O)Oc1ccc(Cl)cc1C. The average molecular weight is 269 g/mol. The highest BCUT2D eigenvalue weighted by Gasteiger charge is 2.21. The molecule has 0 fully saturated rings. The van der Waals surface area contributed by atoms with Crippen molar-refractivity contribution in [2.75, 3.05) is 0 Å². The Hall–Kier alpha value is -1.02. The minimum atomic E-state index is -0.366. The zero-order valence-corrected chi connectivity index (χ0v) is 12.0. The van der Waals surface area contributed by atoms with Crippen molar-refractivity contribution in [1.82, 2.24) is 0 Å². The third kappa shape index (κ3) is 4.02. The molecule has 2 atom stereocenters. The Morgan fingerprint density at radius 2 is 2.11 bits per heavy atom. The lowest BCUT2D eigenvalue weighted by Crippen LogP contribution is -2.28. The van der Waals surface area contributed by atoms with Crippen molar-refractivity contribution in [2.45, 2.75) is 46.1 Å². The molecule has 0 N–H and O–H groups in total. The molecule has 0 saturated carbocycles. The molecule has 0 aliphatic heterocycles. The van der Waals surface area contributed by atoms with Crippen LogP contribution >= 0.6 is 11.6 Å². The first-order valence-electron chi connectivity index (χ1n) is 6.50. The fourth-order valence-electron chi connectivity index (χ4n) is 2.10. The zero-order valence-electron chi connectivity index (χ0n) is 11.3. The van der Waals surface area contributed by atoms with Gasteiger partial charge in [0.05, 0.1) is 0 Å². The van der Waals surface area contributed by atoms with Crippen LogP contribution in [0.5, 0.6) is 5.75 Å². The van der Waals surface area contributed by atoms with E-state index in [-0.39, 0.29) is 12.0 Å². The summed E-state index contributed by atoms with van der Waals surface area (Å²) in [5, 5.41) is 0.683. The molecule has 0 amide bonds. The third-order valence-corrected chi connectivity index (χ3v) is 3.42. The smallest absolute Gasteiger partial charge is 0.160 e. The number of carbonyl (C=O) groups excluding carboxylic acids is 1. The summed E-state index contributed by atoms with van der Waals surface area (Å²) in [6.45, 7) is 6.15. The lowest BCUT2D eigenvalue weighted by molar-refractivity contribution is -0.116. The molecule has 1 aromatic rings.